The van der Waals surface area contributed by atoms with Gasteiger partial charge in [0.05, 0.1) is 31.6 Å². The molecule has 0 spiro atoms. The maximum Gasteiger partial charge on any atom is 0.100 e. The van der Waals surface area contributed by atoms with Gasteiger partial charge in [0.2, 0.25) is 0 Å². The molecule has 0 atom stereocenters. The summed E-state index contributed by atoms with van der Waals surface area (Å²) in [6, 6.07) is 24.4. The molecule has 1 N–H and O–H groups in total. The second kappa shape index (κ2) is 11.3. The molecule has 4 aromatic carbocycles. The van der Waals surface area contributed by atoms with Gasteiger partial charge in [-0.15, -0.1) is 0 Å². The van der Waals surface area contributed by atoms with Crippen LogP contribution >= 0.6 is 39.1 Å². The Labute approximate surface area is 283 Å². The average Bonchev–Trinajstić information content (AvgIpc) is 3.54. The van der Waals surface area contributed by atoms with Gasteiger partial charge in [0.1, 0.15) is 6.67 Å². The summed E-state index contributed by atoms with van der Waals surface area (Å²) in [5, 5.41) is 6.86. The number of dihydropyridines is 1. The molecule has 2 heterocycles. The minimum absolute atomic E-state index is 0.466. The first-order chi connectivity index (χ1) is 21.5. The fourth-order valence-electron chi connectivity index (χ4n) is 7.46. The van der Waals surface area contributed by atoms with Crippen LogP contribution in [0.1, 0.15) is 38.9 Å². The summed E-state index contributed by atoms with van der Waals surface area (Å²) in [5.74, 6) is 0. The van der Waals surface area contributed by atoms with Gasteiger partial charge in [-0.3, -0.25) is 0 Å². The number of fused-ring (bicyclic) bond motifs is 3. The number of allylic oxidation sites excluding steroid dienone is 3. The van der Waals surface area contributed by atoms with Crippen LogP contribution in [0.4, 0.5) is 11.4 Å². The molecule has 1 fully saturated rings. The van der Waals surface area contributed by atoms with E-state index in [1.807, 2.05) is 0 Å². The van der Waals surface area contributed by atoms with Crippen molar-refractivity contribution in [3.63, 3.8) is 0 Å². The Kier molecular flexibility index (Phi) is 7.51. The topological polar surface area (TPSA) is 18.5 Å². The number of rotatable bonds is 2. The van der Waals surface area contributed by atoms with Gasteiger partial charge in [-0.05, 0) is 108 Å². The van der Waals surface area contributed by atoms with Crippen molar-refractivity contribution >= 4 is 62.3 Å². The van der Waals surface area contributed by atoms with Crippen molar-refractivity contribution in [2.45, 2.75) is 41.5 Å². The summed E-state index contributed by atoms with van der Waals surface area (Å²) in [4.78, 5) is 4.94. The number of benzene rings is 4. The van der Waals surface area contributed by atoms with E-state index in [2.05, 4.69) is 145 Å². The molecule has 7 rings (SSSR count). The minimum atomic E-state index is 0.466. The van der Waals surface area contributed by atoms with Gasteiger partial charge < -0.3 is 15.1 Å². The number of nitrogens with zero attached hydrogens (tertiary/aromatic N) is 2. The Morgan fingerprint density at radius 2 is 1.24 bits per heavy atom. The first-order valence-electron chi connectivity index (χ1n) is 15.1. The molecule has 0 aromatic heterocycles. The van der Waals surface area contributed by atoms with Crippen molar-refractivity contribution < 1.29 is 0 Å². The van der Waals surface area contributed by atoms with Crippen molar-refractivity contribution in [3.05, 3.63) is 148 Å². The Morgan fingerprint density at radius 3 is 1.87 bits per heavy atom. The highest BCUT2D eigenvalue weighted by Crippen LogP contribution is 2.46. The maximum atomic E-state index is 6.85. The molecule has 45 heavy (non-hydrogen) atoms. The third-order valence-electron chi connectivity index (χ3n) is 8.97. The first kappa shape index (κ1) is 30.0. The molecular formula is C39H34BrCl2N3. The number of nitrogens with one attached hydrogen (secondary N) is 1. The highest BCUT2D eigenvalue weighted by atomic mass is 79.9. The normalized spacial score (nSPS) is 18.6. The van der Waals surface area contributed by atoms with E-state index >= 15 is 0 Å². The summed E-state index contributed by atoms with van der Waals surface area (Å²) in [7, 11) is 0. The summed E-state index contributed by atoms with van der Waals surface area (Å²) >= 11 is 17.2. The first-order valence-corrected chi connectivity index (χ1v) is 16.7. The number of aryl methyl sites for hydroxylation is 6. The third-order valence-corrected chi connectivity index (χ3v) is 10.8. The lowest BCUT2D eigenvalue weighted by Gasteiger charge is -2.27. The maximum absolute atomic E-state index is 6.85. The zero-order valence-electron chi connectivity index (χ0n) is 26.2. The Hall–Kier alpha value is -3.70. The van der Waals surface area contributed by atoms with Gasteiger partial charge in [0.25, 0.3) is 0 Å². The standard InChI is InChI=1S/C39H34BrCl2N3/c1-21-14-23(3)36(24(4)15-21)44-20-45(37-25(5)16-22(2)17-26(37)6)39(35-33(40)34(42)32(41)19-43-35)38(44)30-13-9-12-29-28-11-8-7-10-27(28)18-31(29)30/h7-19,43H,20H2,1-6H3. The van der Waals surface area contributed by atoms with Gasteiger partial charge in [-0.2, -0.15) is 0 Å². The average molecular weight is 696 g/mol. The highest BCUT2D eigenvalue weighted by molar-refractivity contribution is 9.12. The van der Waals surface area contributed by atoms with Crippen LogP contribution in [0, 0.1) is 41.5 Å². The molecular weight excluding hydrogens is 661 g/mol. The van der Waals surface area contributed by atoms with E-state index in [9.17, 15) is 0 Å². The predicted molar refractivity (Wildman–Crippen MR) is 195 cm³/mol. The zero-order valence-corrected chi connectivity index (χ0v) is 29.3. The lowest BCUT2D eigenvalue weighted by molar-refractivity contribution is 0.946. The van der Waals surface area contributed by atoms with Crippen LogP contribution in [-0.2, 0) is 0 Å². The third kappa shape index (κ3) is 4.86. The van der Waals surface area contributed by atoms with Crippen LogP contribution < -0.4 is 25.6 Å². The lowest BCUT2D eigenvalue weighted by atomic mass is 10.0. The van der Waals surface area contributed by atoms with E-state index in [0.717, 1.165) is 26.8 Å². The van der Waals surface area contributed by atoms with Crippen LogP contribution in [0.15, 0.2) is 98.9 Å². The SMILES string of the molecule is Cc1cc(C)c(N2CN(c3c(C)cc(C)cc3C)C(=c3cccc4c3=Cc3ccccc3-4)C2=C2NC=C(Cl)C(Cl)=C2Br)c(C)c1. The van der Waals surface area contributed by atoms with Crippen molar-refractivity contribution in [2.75, 3.05) is 16.5 Å². The molecule has 6 heteroatoms. The molecule has 3 aliphatic rings. The van der Waals surface area contributed by atoms with Gasteiger partial charge in [0.15, 0.2) is 0 Å². The second-order valence-corrected chi connectivity index (χ2v) is 13.9. The predicted octanol–water partition coefficient (Wildman–Crippen LogP) is 9.18. The molecule has 1 saturated heterocycles. The Balaban J connectivity index is 1.66. The van der Waals surface area contributed by atoms with Crippen molar-refractivity contribution in [3.8, 4) is 11.1 Å². The summed E-state index contributed by atoms with van der Waals surface area (Å²) in [6.07, 6.45) is 4.11. The minimum Gasteiger partial charge on any atom is -0.358 e. The van der Waals surface area contributed by atoms with Crippen molar-refractivity contribution in [1.29, 1.82) is 0 Å². The number of hydrogen-bond donors (Lipinski definition) is 1. The monoisotopic (exact) mass is 693 g/mol. The largest absolute Gasteiger partial charge is 0.358 e. The fourth-order valence-corrected chi connectivity index (χ4v) is 8.39. The number of halogens is 3. The molecule has 1 aliphatic carbocycles. The Morgan fingerprint density at radius 1 is 0.689 bits per heavy atom. The van der Waals surface area contributed by atoms with Gasteiger partial charge >= 0.3 is 0 Å². The molecule has 3 nitrogen and oxygen atoms in total. The zero-order chi connectivity index (χ0) is 31.7. The summed E-state index contributed by atoms with van der Waals surface area (Å²) < 4.78 is 0.732. The lowest BCUT2D eigenvalue weighted by Crippen LogP contribution is -2.33. The molecule has 226 valence electrons. The van der Waals surface area contributed by atoms with E-state index < -0.39 is 0 Å². The molecule has 2 aliphatic heterocycles. The molecule has 0 unspecified atom stereocenters. The number of anilines is 2. The van der Waals surface area contributed by atoms with Gasteiger partial charge in [-0.1, -0.05) is 101 Å². The quantitative estimate of drug-likeness (QED) is 0.199. The van der Waals surface area contributed by atoms with Crippen LogP contribution in [0.5, 0.6) is 0 Å². The second-order valence-electron chi connectivity index (χ2n) is 12.3. The van der Waals surface area contributed by atoms with Crippen LogP contribution in [0.2, 0.25) is 0 Å². The van der Waals surface area contributed by atoms with E-state index in [1.54, 1.807) is 6.20 Å². The van der Waals surface area contributed by atoms with Crippen LogP contribution in [0.25, 0.3) is 22.9 Å². The highest BCUT2D eigenvalue weighted by Gasteiger charge is 2.38. The molecule has 0 amide bonds. The van der Waals surface area contributed by atoms with Crippen LogP contribution in [-0.4, -0.2) is 6.67 Å². The summed E-state index contributed by atoms with van der Waals surface area (Å²) in [5.41, 5.74) is 16.6. The Bertz CT molecular complexity index is 2130. The van der Waals surface area contributed by atoms with E-state index in [1.165, 1.54) is 66.7 Å². The van der Waals surface area contributed by atoms with E-state index in [-0.39, 0.29) is 0 Å². The van der Waals surface area contributed by atoms with Crippen molar-refractivity contribution in [1.82, 2.24) is 5.32 Å². The summed E-state index contributed by atoms with van der Waals surface area (Å²) in [6.45, 7) is 13.8. The number of hydrogen-bond acceptors (Lipinski definition) is 3. The molecule has 0 saturated carbocycles. The fraction of sp³-hybridized carbons (Fsp3) is 0.179. The van der Waals surface area contributed by atoms with Gasteiger partial charge in [-0.25, -0.2) is 0 Å². The molecule has 0 bridgehead atoms. The van der Waals surface area contributed by atoms with Crippen molar-refractivity contribution in [2.24, 2.45) is 0 Å². The van der Waals surface area contributed by atoms with E-state index in [0.29, 0.717) is 16.7 Å². The van der Waals surface area contributed by atoms with Gasteiger partial charge in [0, 0.05) is 22.8 Å². The van der Waals surface area contributed by atoms with Crippen LogP contribution in [0.3, 0.4) is 0 Å². The molecule has 0 radical (unpaired) electrons. The van der Waals surface area contributed by atoms with E-state index in [4.69, 9.17) is 23.2 Å². The molecule has 4 aromatic rings. The smallest absolute Gasteiger partial charge is 0.100 e.